The van der Waals surface area contributed by atoms with E-state index in [1.165, 1.54) is 25.9 Å². The van der Waals surface area contributed by atoms with Crippen molar-refractivity contribution in [1.82, 2.24) is 4.98 Å². The van der Waals surface area contributed by atoms with Crippen molar-refractivity contribution >= 4 is 44.7 Å². The van der Waals surface area contributed by atoms with E-state index in [1.54, 1.807) is 11.3 Å². The number of aromatic nitrogens is 1. The Labute approximate surface area is 162 Å². The second kappa shape index (κ2) is 6.49. The summed E-state index contributed by atoms with van der Waals surface area (Å²) >= 11 is 3.52. The lowest BCUT2D eigenvalue weighted by molar-refractivity contribution is 1.03. The van der Waals surface area contributed by atoms with E-state index in [4.69, 9.17) is 10.7 Å². The van der Waals surface area contributed by atoms with Crippen molar-refractivity contribution in [3.63, 3.8) is 0 Å². The topological polar surface area (TPSA) is 42.2 Å². The van der Waals surface area contributed by atoms with Gasteiger partial charge < -0.3 is 10.6 Å². The van der Waals surface area contributed by atoms with E-state index in [2.05, 4.69) is 56.9 Å². The summed E-state index contributed by atoms with van der Waals surface area (Å²) in [7, 11) is 0. The van der Waals surface area contributed by atoms with E-state index in [0.29, 0.717) is 0 Å². The van der Waals surface area contributed by atoms with Crippen molar-refractivity contribution in [2.75, 3.05) is 10.6 Å². The smallest absolute Gasteiger partial charge is 0.126 e. The highest BCUT2D eigenvalue weighted by Crippen LogP contribution is 2.42. The molecule has 1 aliphatic heterocycles. The summed E-state index contributed by atoms with van der Waals surface area (Å²) in [5.41, 5.74) is 12.8. The maximum Gasteiger partial charge on any atom is 0.126 e. The van der Waals surface area contributed by atoms with Crippen LogP contribution in [0, 0.1) is 0 Å². The van der Waals surface area contributed by atoms with Gasteiger partial charge in [0.05, 0.1) is 10.2 Å². The SMILES string of the molecule is CC1=C(C)N(c2ccc(-c3nc4ccccc4s3)c(N)c2)C(C)=C(C)S1. The fourth-order valence-corrected chi connectivity index (χ4v) is 5.15. The van der Waals surface area contributed by atoms with Gasteiger partial charge in [-0.25, -0.2) is 4.98 Å². The molecule has 1 aliphatic rings. The van der Waals surface area contributed by atoms with Crippen LogP contribution in [0.5, 0.6) is 0 Å². The van der Waals surface area contributed by atoms with Crippen LogP contribution in [0.1, 0.15) is 27.7 Å². The first-order chi connectivity index (χ1) is 12.5. The van der Waals surface area contributed by atoms with Crippen LogP contribution in [0.2, 0.25) is 0 Å². The molecule has 0 aliphatic carbocycles. The largest absolute Gasteiger partial charge is 0.398 e. The summed E-state index contributed by atoms with van der Waals surface area (Å²) < 4.78 is 1.18. The van der Waals surface area contributed by atoms with E-state index in [1.807, 2.05) is 30.0 Å². The van der Waals surface area contributed by atoms with Crippen molar-refractivity contribution in [3.05, 3.63) is 63.7 Å². The molecular formula is C21H21N3S2. The summed E-state index contributed by atoms with van der Waals surface area (Å²) in [5.74, 6) is 0. The molecule has 2 aromatic carbocycles. The van der Waals surface area contributed by atoms with Crippen LogP contribution in [0.4, 0.5) is 11.4 Å². The summed E-state index contributed by atoms with van der Waals surface area (Å²) in [6, 6.07) is 14.5. The minimum atomic E-state index is 0.760. The van der Waals surface area contributed by atoms with Crippen LogP contribution in [-0.2, 0) is 0 Å². The van der Waals surface area contributed by atoms with E-state index in [-0.39, 0.29) is 0 Å². The van der Waals surface area contributed by atoms with Gasteiger partial charge in [-0.15, -0.1) is 11.3 Å². The minimum Gasteiger partial charge on any atom is -0.398 e. The molecule has 3 nitrogen and oxygen atoms in total. The number of fused-ring (bicyclic) bond motifs is 1. The molecule has 2 heterocycles. The Morgan fingerprint density at radius 3 is 2.27 bits per heavy atom. The van der Waals surface area contributed by atoms with Gasteiger partial charge in [-0.3, -0.25) is 0 Å². The average molecular weight is 380 g/mol. The van der Waals surface area contributed by atoms with Crippen LogP contribution in [0.25, 0.3) is 20.8 Å². The summed E-state index contributed by atoms with van der Waals surface area (Å²) in [4.78, 5) is 9.68. The van der Waals surface area contributed by atoms with E-state index >= 15 is 0 Å². The Kier molecular flexibility index (Phi) is 4.29. The normalized spacial score (nSPS) is 15.3. The molecule has 26 heavy (non-hydrogen) atoms. The number of hydrogen-bond acceptors (Lipinski definition) is 5. The zero-order valence-corrected chi connectivity index (χ0v) is 17.0. The molecule has 0 spiro atoms. The van der Waals surface area contributed by atoms with Crippen molar-refractivity contribution in [1.29, 1.82) is 0 Å². The second-order valence-electron chi connectivity index (χ2n) is 6.48. The number of nitrogens with two attached hydrogens (primary N) is 1. The molecule has 0 unspecified atom stereocenters. The third-order valence-electron chi connectivity index (χ3n) is 4.81. The molecule has 4 rings (SSSR count). The highest BCUT2D eigenvalue weighted by Gasteiger charge is 2.21. The summed E-state index contributed by atoms with van der Waals surface area (Å²) in [6.45, 7) is 8.66. The molecule has 0 fully saturated rings. The number of anilines is 2. The Hall–Kier alpha value is -2.24. The first-order valence-corrected chi connectivity index (χ1v) is 10.2. The highest BCUT2D eigenvalue weighted by molar-refractivity contribution is 8.06. The number of allylic oxidation sites excluding steroid dienone is 4. The number of nitrogens with zero attached hydrogens (tertiary/aromatic N) is 2. The summed E-state index contributed by atoms with van der Waals surface area (Å²) in [5, 5.41) is 0.969. The van der Waals surface area contributed by atoms with Crippen LogP contribution in [-0.4, -0.2) is 4.98 Å². The molecule has 0 saturated heterocycles. The number of para-hydroxylation sites is 1. The molecule has 5 heteroatoms. The predicted octanol–water partition coefficient (Wildman–Crippen LogP) is 6.60. The zero-order chi connectivity index (χ0) is 18.4. The van der Waals surface area contributed by atoms with E-state index in [0.717, 1.165) is 27.5 Å². The van der Waals surface area contributed by atoms with Gasteiger partial charge >= 0.3 is 0 Å². The number of nitrogen functional groups attached to an aromatic ring is 1. The van der Waals surface area contributed by atoms with Crippen LogP contribution in [0.3, 0.4) is 0 Å². The second-order valence-corrected chi connectivity index (χ2v) is 8.94. The summed E-state index contributed by atoms with van der Waals surface area (Å²) in [6.07, 6.45) is 0. The number of thioether (sulfide) groups is 1. The van der Waals surface area contributed by atoms with Crippen LogP contribution in [0.15, 0.2) is 63.7 Å². The molecule has 0 amide bonds. The number of benzene rings is 2. The molecule has 0 atom stereocenters. The van der Waals surface area contributed by atoms with Gasteiger partial charge in [0.15, 0.2) is 0 Å². The first kappa shape index (κ1) is 17.2. The van der Waals surface area contributed by atoms with Crippen molar-refractivity contribution in [2.24, 2.45) is 0 Å². The maximum atomic E-state index is 6.44. The standard InChI is InChI=1S/C21H21N3S2/c1-12-14(3)25-15(4)13(2)24(12)16-9-10-17(18(22)11-16)21-23-19-7-5-6-8-20(19)26-21/h5-11H,22H2,1-4H3. The lowest BCUT2D eigenvalue weighted by Gasteiger charge is -2.33. The van der Waals surface area contributed by atoms with Gasteiger partial charge in [0.2, 0.25) is 0 Å². The highest BCUT2D eigenvalue weighted by atomic mass is 32.2. The van der Waals surface area contributed by atoms with Gasteiger partial charge in [0, 0.05) is 38.1 Å². The number of rotatable bonds is 2. The Morgan fingerprint density at radius 1 is 0.923 bits per heavy atom. The predicted molar refractivity (Wildman–Crippen MR) is 116 cm³/mol. The third kappa shape index (κ3) is 2.81. The van der Waals surface area contributed by atoms with Crippen molar-refractivity contribution in [2.45, 2.75) is 27.7 Å². The maximum absolute atomic E-state index is 6.44. The Morgan fingerprint density at radius 2 is 1.62 bits per heavy atom. The third-order valence-corrected chi connectivity index (χ3v) is 7.09. The van der Waals surface area contributed by atoms with E-state index < -0.39 is 0 Å². The molecule has 132 valence electrons. The van der Waals surface area contributed by atoms with E-state index in [9.17, 15) is 0 Å². The molecular weight excluding hydrogens is 358 g/mol. The average Bonchev–Trinajstić information content (AvgIpc) is 3.04. The fraction of sp³-hybridized carbons (Fsp3) is 0.190. The number of hydrogen-bond donors (Lipinski definition) is 1. The zero-order valence-electron chi connectivity index (χ0n) is 15.3. The molecule has 0 bridgehead atoms. The van der Waals surface area contributed by atoms with Crippen LogP contribution < -0.4 is 10.6 Å². The van der Waals surface area contributed by atoms with Gasteiger partial charge in [0.1, 0.15) is 5.01 Å². The van der Waals surface area contributed by atoms with Crippen molar-refractivity contribution in [3.8, 4) is 10.6 Å². The first-order valence-electron chi connectivity index (χ1n) is 8.54. The molecule has 3 aromatic rings. The van der Waals surface area contributed by atoms with Gasteiger partial charge in [-0.05, 0) is 58.0 Å². The molecule has 0 saturated carbocycles. The Bertz CT molecular complexity index is 1020. The monoisotopic (exact) mass is 379 g/mol. The molecule has 2 N–H and O–H groups in total. The quantitative estimate of drug-likeness (QED) is 0.509. The lowest BCUT2D eigenvalue weighted by Crippen LogP contribution is -2.23. The Balaban J connectivity index is 1.78. The minimum absolute atomic E-state index is 0.760. The van der Waals surface area contributed by atoms with Crippen molar-refractivity contribution < 1.29 is 0 Å². The molecule has 0 radical (unpaired) electrons. The van der Waals surface area contributed by atoms with Crippen LogP contribution >= 0.6 is 23.1 Å². The molecule has 1 aromatic heterocycles. The number of thiazole rings is 1. The van der Waals surface area contributed by atoms with Gasteiger partial charge in [0.25, 0.3) is 0 Å². The fourth-order valence-electron chi connectivity index (χ4n) is 3.20. The lowest BCUT2D eigenvalue weighted by atomic mass is 10.1. The van der Waals surface area contributed by atoms with Gasteiger partial charge in [-0.1, -0.05) is 23.9 Å². The van der Waals surface area contributed by atoms with Gasteiger partial charge in [-0.2, -0.15) is 0 Å².